The normalized spacial score (nSPS) is 9.80. The molecule has 0 aromatic carbocycles. The molecule has 0 fully saturated rings. The highest BCUT2D eigenvalue weighted by Gasteiger charge is 1.54. The second-order valence-electron chi connectivity index (χ2n) is 0.582. The SMILES string of the molecule is [B]/C=C/CCl. The lowest BCUT2D eigenvalue weighted by atomic mass is 10.1. The number of alkyl halides is 1. The van der Waals surface area contributed by atoms with Gasteiger partial charge in [-0.05, 0) is 0 Å². The van der Waals surface area contributed by atoms with Gasteiger partial charge in [0.15, 0.2) is 0 Å². The summed E-state index contributed by atoms with van der Waals surface area (Å²) < 4.78 is 0. The summed E-state index contributed by atoms with van der Waals surface area (Å²) in [7, 11) is 4.87. The molecule has 0 aromatic heterocycles. The maximum Gasteiger partial charge on any atom is 0.102 e. The Kier molecular flexibility index (Phi) is 4.17. The van der Waals surface area contributed by atoms with Crippen molar-refractivity contribution in [2.75, 3.05) is 5.88 Å². The second-order valence-corrected chi connectivity index (χ2v) is 0.891. The third-order valence-corrected chi connectivity index (χ3v) is 0.403. The molecule has 0 rings (SSSR count). The Balaban J connectivity index is 2.62. The van der Waals surface area contributed by atoms with E-state index in [4.69, 9.17) is 19.4 Å². The first kappa shape index (κ1) is 5.09. The first-order chi connectivity index (χ1) is 2.41. The van der Waals surface area contributed by atoms with Gasteiger partial charge in [0.05, 0.1) is 0 Å². The topological polar surface area (TPSA) is 0 Å². The van der Waals surface area contributed by atoms with E-state index in [9.17, 15) is 0 Å². The van der Waals surface area contributed by atoms with Crippen LogP contribution in [0.25, 0.3) is 0 Å². The Hall–Kier alpha value is 0.0949. The van der Waals surface area contributed by atoms with Gasteiger partial charge >= 0.3 is 0 Å². The summed E-state index contributed by atoms with van der Waals surface area (Å²) in [6.45, 7) is 0. The van der Waals surface area contributed by atoms with Crippen LogP contribution < -0.4 is 0 Å². The van der Waals surface area contributed by atoms with E-state index in [1.807, 2.05) is 0 Å². The molecule has 2 radical (unpaired) electrons. The fraction of sp³-hybridized carbons (Fsp3) is 0.333. The van der Waals surface area contributed by atoms with Crippen LogP contribution in [0.5, 0.6) is 0 Å². The molecule has 0 aliphatic carbocycles. The maximum atomic E-state index is 5.13. The molecule has 0 N–H and O–H groups in total. The number of allylic oxidation sites excluding steroid dienone is 1. The van der Waals surface area contributed by atoms with Crippen LogP contribution in [0.1, 0.15) is 0 Å². The molecule has 0 amide bonds. The monoisotopic (exact) mass is 86.0 g/mol. The van der Waals surface area contributed by atoms with Crippen molar-refractivity contribution in [2.24, 2.45) is 0 Å². The third kappa shape index (κ3) is 4.09. The Labute approximate surface area is 38.2 Å². The Morgan fingerprint density at radius 1 is 1.80 bits per heavy atom. The van der Waals surface area contributed by atoms with Crippen molar-refractivity contribution < 1.29 is 0 Å². The summed E-state index contributed by atoms with van der Waals surface area (Å²) in [4.78, 5) is 0. The highest BCUT2D eigenvalue weighted by atomic mass is 35.5. The van der Waals surface area contributed by atoms with Gasteiger partial charge in [-0.3, -0.25) is 0 Å². The van der Waals surface area contributed by atoms with Crippen LogP contribution in [0.3, 0.4) is 0 Å². The quantitative estimate of drug-likeness (QED) is 0.329. The zero-order valence-corrected chi connectivity index (χ0v) is 3.57. The van der Waals surface area contributed by atoms with Crippen molar-refractivity contribution in [3.05, 3.63) is 12.1 Å². The van der Waals surface area contributed by atoms with Gasteiger partial charge in [-0.2, -0.15) is 0 Å². The lowest BCUT2D eigenvalue weighted by molar-refractivity contribution is 1.79. The van der Waals surface area contributed by atoms with Gasteiger partial charge in [-0.1, -0.05) is 6.08 Å². The first-order valence-electron chi connectivity index (χ1n) is 1.34. The standard InChI is InChI=1S/C3H4BCl/c4-2-1-3-5/h1-2H,3H2/b2-1+. The van der Waals surface area contributed by atoms with Crippen LogP contribution in [0.15, 0.2) is 12.1 Å². The van der Waals surface area contributed by atoms with Crippen LogP contribution in [0, 0.1) is 0 Å². The molecule has 0 nitrogen and oxygen atoms in total. The fourth-order valence-corrected chi connectivity index (χ4v) is 0.154. The largest absolute Gasteiger partial charge is 0.134 e. The molecule has 0 spiro atoms. The zero-order valence-electron chi connectivity index (χ0n) is 2.82. The summed E-state index contributed by atoms with van der Waals surface area (Å²) in [5.74, 6) is 1.93. The Morgan fingerprint density at radius 3 is 2.40 bits per heavy atom. The van der Waals surface area contributed by atoms with Crippen molar-refractivity contribution >= 4 is 19.4 Å². The summed E-state index contributed by atoms with van der Waals surface area (Å²) in [6.07, 6.45) is 1.67. The predicted molar refractivity (Wildman–Crippen MR) is 25.6 cm³/mol. The van der Waals surface area contributed by atoms with Gasteiger partial charge in [-0.15, -0.1) is 17.6 Å². The van der Waals surface area contributed by atoms with E-state index in [0.29, 0.717) is 5.88 Å². The van der Waals surface area contributed by atoms with Gasteiger partial charge < -0.3 is 0 Å². The van der Waals surface area contributed by atoms with E-state index < -0.39 is 0 Å². The fourth-order valence-electron chi connectivity index (χ4n) is 0.0514. The van der Waals surface area contributed by atoms with E-state index in [1.54, 1.807) is 6.08 Å². The molecular weight excluding hydrogens is 82.3 g/mol. The molecule has 0 unspecified atom stereocenters. The van der Waals surface area contributed by atoms with Gasteiger partial charge in [0.1, 0.15) is 7.85 Å². The number of halogens is 1. The molecule has 0 bridgehead atoms. The Bertz CT molecular complexity index is 33.9. The molecule has 0 aromatic rings. The van der Waals surface area contributed by atoms with Gasteiger partial charge in [-0.25, -0.2) is 0 Å². The minimum Gasteiger partial charge on any atom is -0.134 e. The second kappa shape index (κ2) is 4.09. The first-order valence-corrected chi connectivity index (χ1v) is 1.88. The van der Waals surface area contributed by atoms with Crippen molar-refractivity contribution in [3.8, 4) is 0 Å². The smallest absolute Gasteiger partial charge is 0.102 e. The van der Waals surface area contributed by atoms with E-state index >= 15 is 0 Å². The molecule has 0 heterocycles. The molecule has 0 aliphatic heterocycles. The molecule has 0 saturated carbocycles. The Morgan fingerprint density at radius 2 is 2.40 bits per heavy atom. The van der Waals surface area contributed by atoms with E-state index in [2.05, 4.69) is 0 Å². The molecule has 0 aliphatic rings. The average molecular weight is 86.3 g/mol. The molecule has 2 heteroatoms. The lowest BCUT2D eigenvalue weighted by Crippen LogP contribution is -1.55. The minimum atomic E-state index is 0.510. The van der Waals surface area contributed by atoms with Gasteiger partial charge in [0.2, 0.25) is 0 Å². The van der Waals surface area contributed by atoms with Crippen LogP contribution >= 0.6 is 11.6 Å². The van der Waals surface area contributed by atoms with Crippen molar-refractivity contribution in [3.63, 3.8) is 0 Å². The van der Waals surface area contributed by atoms with E-state index in [0.717, 1.165) is 0 Å². The highest BCUT2D eigenvalue weighted by Crippen LogP contribution is 1.71. The average Bonchev–Trinajstić information content (AvgIpc) is 1.41. The highest BCUT2D eigenvalue weighted by molar-refractivity contribution is 6.21. The van der Waals surface area contributed by atoms with Gasteiger partial charge in [0, 0.05) is 5.88 Å². The molecule has 26 valence electrons. The van der Waals surface area contributed by atoms with Crippen LogP contribution in [-0.4, -0.2) is 13.7 Å². The van der Waals surface area contributed by atoms with Crippen LogP contribution in [0.2, 0.25) is 0 Å². The summed E-state index contributed by atoms with van der Waals surface area (Å²) >= 11 is 5.13. The predicted octanol–water partition coefficient (Wildman–Crippen LogP) is 0.907. The van der Waals surface area contributed by atoms with Crippen LogP contribution in [0.4, 0.5) is 0 Å². The van der Waals surface area contributed by atoms with Crippen molar-refractivity contribution in [1.82, 2.24) is 0 Å². The van der Waals surface area contributed by atoms with Gasteiger partial charge in [0.25, 0.3) is 0 Å². The summed E-state index contributed by atoms with van der Waals surface area (Å²) in [6, 6.07) is 0. The third-order valence-electron chi connectivity index (χ3n) is 0.225. The summed E-state index contributed by atoms with van der Waals surface area (Å²) in [5, 5.41) is 0. The number of hydrogen-bond acceptors (Lipinski definition) is 0. The van der Waals surface area contributed by atoms with Crippen molar-refractivity contribution in [2.45, 2.75) is 0 Å². The van der Waals surface area contributed by atoms with E-state index in [1.165, 1.54) is 5.98 Å². The lowest BCUT2D eigenvalue weighted by Gasteiger charge is -1.63. The van der Waals surface area contributed by atoms with Crippen molar-refractivity contribution in [1.29, 1.82) is 0 Å². The zero-order chi connectivity index (χ0) is 4.12. The molecule has 0 atom stereocenters. The molecule has 0 saturated heterocycles. The minimum absolute atomic E-state index is 0.510. The summed E-state index contributed by atoms with van der Waals surface area (Å²) in [5.41, 5.74) is 0. The number of rotatable bonds is 1. The van der Waals surface area contributed by atoms with Crippen LogP contribution in [-0.2, 0) is 0 Å². The maximum absolute atomic E-state index is 5.13. The van der Waals surface area contributed by atoms with E-state index in [-0.39, 0.29) is 0 Å². The number of hydrogen-bond donors (Lipinski definition) is 0. The molecule has 5 heavy (non-hydrogen) atoms. The molecular formula is C3H4BCl.